The minimum atomic E-state index is -4.45. The number of anilines is 1. The van der Waals surface area contributed by atoms with Gasteiger partial charge in [-0.2, -0.15) is 13.5 Å². The van der Waals surface area contributed by atoms with Gasteiger partial charge in [0, 0.05) is 22.4 Å². The molecule has 3 N–H and O–H groups in total. The molecule has 1 heterocycles. The number of nitrogens with two attached hydrogens (primary N) is 1. The highest BCUT2D eigenvalue weighted by Gasteiger charge is 2.18. The van der Waals surface area contributed by atoms with Crippen LogP contribution in [0.2, 0.25) is 0 Å². The minimum absolute atomic E-state index is 0.160. The highest BCUT2D eigenvalue weighted by Crippen LogP contribution is 2.36. The lowest BCUT2D eigenvalue weighted by Crippen LogP contribution is -2.01. The largest absolute Gasteiger partial charge is 0.396 e. The van der Waals surface area contributed by atoms with Gasteiger partial charge in [-0.15, -0.1) is 5.11 Å². The van der Waals surface area contributed by atoms with Gasteiger partial charge in [0.15, 0.2) is 0 Å². The van der Waals surface area contributed by atoms with Gasteiger partial charge in [0.2, 0.25) is 0 Å². The maximum Gasteiger partial charge on any atom is 0.295 e. The van der Waals surface area contributed by atoms with Gasteiger partial charge >= 0.3 is 0 Å². The van der Waals surface area contributed by atoms with Crippen molar-refractivity contribution in [2.45, 2.75) is 4.90 Å². The number of hydrogen-bond acceptors (Lipinski definition) is 6. The molecule has 0 spiro atoms. The molecular formula is C19H14N4O3S. The van der Waals surface area contributed by atoms with E-state index in [1.807, 2.05) is 24.3 Å². The molecule has 7 nitrogen and oxygen atoms in total. The first-order valence-corrected chi connectivity index (χ1v) is 9.43. The van der Waals surface area contributed by atoms with E-state index in [-0.39, 0.29) is 16.3 Å². The number of nitrogen functional groups attached to an aromatic ring is 1. The van der Waals surface area contributed by atoms with E-state index in [0.717, 1.165) is 10.9 Å². The summed E-state index contributed by atoms with van der Waals surface area (Å²) in [5.41, 5.74) is 7.98. The standard InChI is InChI=1S/C19H14N4O3S/c20-19-15-6-2-1-5-14(15)18(27(24,25)26)11-17(19)23-22-13-7-8-16-12(10-13)4-3-9-21-16/h1-11H,20H2,(H,24,25,26)/b23-22+. The quantitative estimate of drug-likeness (QED) is 0.306. The first kappa shape index (κ1) is 17.1. The second-order valence-corrected chi connectivity index (χ2v) is 7.30. The number of aromatic nitrogens is 1. The summed E-state index contributed by atoms with van der Waals surface area (Å²) < 4.78 is 33.1. The molecule has 0 saturated heterocycles. The number of benzene rings is 3. The highest BCUT2D eigenvalue weighted by molar-refractivity contribution is 7.86. The topological polar surface area (TPSA) is 118 Å². The van der Waals surface area contributed by atoms with Crippen molar-refractivity contribution in [2.75, 3.05) is 5.73 Å². The molecule has 0 amide bonds. The monoisotopic (exact) mass is 378 g/mol. The van der Waals surface area contributed by atoms with Gasteiger partial charge in [0.1, 0.15) is 10.6 Å². The van der Waals surface area contributed by atoms with Crippen molar-refractivity contribution in [3.8, 4) is 0 Å². The van der Waals surface area contributed by atoms with Gasteiger partial charge in [-0.3, -0.25) is 9.54 Å². The molecule has 0 fully saturated rings. The third-order valence-electron chi connectivity index (χ3n) is 4.16. The Morgan fingerprint density at radius 1 is 0.926 bits per heavy atom. The molecule has 0 aliphatic carbocycles. The van der Waals surface area contributed by atoms with Crippen molar-refractivity contribution in [3.05, 3.63) is 66.9 Å². The third kappa shape index (κ3) is 3.23. The first-order chi connectivity index (χ1) is 12.9. The molecule has 4 rings (SSSR count). The van der Waals surface area contributed by atoms with E-state index in [9.17, 15) is 13.0 Å². The van der Waals surface area contributed by atoms with Crippen molar-refractivity contribution in [1.82, 2.24) is 4.98 Å². The first-order valence-electron chi connectivity index (χ1n) is 7.99. The van der Waals surface area contributed by atoms with Crippen LogP contribution >= 0.6 is 0 Å². The van der Waals surface area contributed by atoms with E-state index >= 15 is 0 Å². The molecule has 8 heteroatoms. The minimum Gasteiger partial charge on any atom is -0.396 e. The normalized spacial score (nSPS) is 12.2. The van der Waals surface area contributed by atoms with E-state index in [1.54, 1.807) is 36.5 Å². The second-order valence-electron chi connectivity index (χ2n) is 5.91. The molecule has 0 radical (unpaired) electrons. The predicted octanol–water partition coefficient (Wildman–Crippen LogP) is 4.63. The third-order valence-corrected chi connectivity index (χ3v) is 5.06. The summed E-state index contributed by atoms with van der Waals surface area (Å²) >= 11 is 0. The molecule has 1 aromatic heterocycles. The molecule has 0 atom stereocenters. The average Bonchev–Trinajstić information content (AvgIpc) is 2.66. The summed E-state index contributed by atoms with van der Waals surface area (Å²) in [7, 11) is -4.45. The number of rotatable bonds is 3. The Hall–Kier alpha value is -3.36. The molecule has 3 aromatic carbocycles. The van der Waals surface area contributed by atoms with Crippen molar-refractivity contribution in [1.29, 1.82) is 0 Å². The van der Waals surface area contributed by atoms with Gasteiger partial charge in [0.25, 0.3) is 10.1 Å². The average molecular weight is 378 g/mol. The number of fused-ring (bicyclic) bond motifs is 2. The van der Waals surface area contributed by atoms with Gasteiger partial charge < -0.3 is 5.73 Å². The van der Waals surface area contributed by atoms with Crippen molar-refractivity contribution >= 4 is 48.9 Å². The fraction of sp³-hybridized carbons (Fsp3) is 0. The Bertz CT molecular complexity index is 1320. The van der Waals surface area contributed by atoms with Crippen LogP contribution in [0.1, 0.15) is 0 Å². The van der Waals surface area contributed by atoms with Crippen molar-refractivity contribution in [2.24, 2.45) is 10.2 Å². The zero-order chi connectivity index (χ0) is 19.0. The summed E-state index contributed by atoms with van der Waals surface area (Å²) in [6, 6.07) is 17.0. The summed E-state index contributed by atoms with van der Waals surface area (Å²) in [6.45, 7) is 0. The Morgan fingerprint density at radius 3 is 2.48 bits per heavy atom. The van der Waals surface area contributed by atoms with Crippen LogP contribution in [-0.2, 0) is 10.1 Å². The van der Waals surface area contributed by atoms with E-state index in [2.05, 4.69) is 15.2 Å². The molecule has 4 aromatic rings. The Morgan fingerprint density at radius 2 is 1.70 bits per heavy atom. The number of hydrogen-bond donors (Lipinski definition) is 2. The zero-order valence-electron chi connectivity index (χ0n) is 13.9. The second kappa shape index (κ2) is 6.42. The lowest BCUT2D eigenvalue weighted by atomic mass is 10.1. The van der Waals surface area contributed by atoms with Crippen LogP contribution in [-0.4, -0.2) is 18.0 Å². The van der Waals surface area contributed by atoms with E-state index in [4.69, 9.17) is 5.73 Å². The SMILES string of the molecule is Nc1c(/N=N/c2ccc3ncccc3c2)cc(S(=O)(=O)O)c2ccccc12. The van der Waals surface area contributed by atoms with E-state index in [1.165, 1.54) is 6.07 Å². The van der Waals surface area contributed by atoms with Gasteiger partial charge in [-0.1, -0.05) is 30.3 Å². The molecular weight excluding hydrogens is 364 g/mol. The zero-order valence-corrected chi connectivity index (χ0v) is 14.8. The van der Waals surface area contributed by atoms with E-state index in [0.29, 0.717) is 16.5 Å². The van der Waals surface area contributed by atoms with Crippen LogP contribution in [0.4, 0.5) is 17.1 Å². The maximum atomic E-state index is 11.8. The number of azo groups is 1. The highest BCUT2D eigenvalue weighted by atomic mass is 32.2. The van der Waals surface area contributed by atoms with Gasteiger partial charge in [-0.25, -0.2) is 0 Å². The summed E-state index contributed by atoms with van der Waals surface area (Å²) in [6.07, 6.45) is 1.70. The molecule has 0 aliphatic heterocycles. The fourth-order valence-electron chi connectivity index (χ4n) is 2.88. The van der Waals surface area contributed by atoms with Crippen LogP contribution in [0.3, 0.4) is 0 Å². The smallest absolute Gasteiger partial charge is 0.295 e. The summed E-state index contributed by atoms with van der Waals surface area (Å²) in [5, 5.41) is 9.97. The fourth-order valence-corrected chi connectivity index (χ4v) is 3.60. The number of nitrogens with zero attached hydrogens (tertiary/aromatic N) is 3. The molecule has 0 aliphatic rings. The van der Waals surface area contributed by atoms with Crippen LogP contribution < -0.4 is 5.73 Å². The van der Waals surface area contributed by atoms with Gasteiger partial charge in [0.05, 0.1) is 16.9 Å². The van der Waals surface area contributed by atoms with Crippen LogP contribution in [0.25, 0.3) is 21.7 Å². The summed E-state index contributed by atoms with van der Waals surface area (Å²) in [4.78, 5) is 3.98. The maximum absolute atomic E-state index is 11.8. The predicted molar refractivity (Wildman–Crippen MR) is 104 cm³/mol. The molecule has 27 heavy (non-hydrogen) atoms. The lowest BCUT2D eigenvalue weighted by Gasteiger charge is -2.09. The van der Waals surface area contributed by atoms with Crippen LogP contribution in [0.15, 0.2) is 82.0 Å². The molecule has 0 unspecified atom stereocenters. The lowest BCUT2D eigenvalue weighted by molar-refractivity contribution is 0.484. The molecule has 0 saturated carbocycles. The van der Waals surface area contributed by atoms with Crippen LogP contribution in [0, 0.1) is 0 Å². The Balaban J connectivity index is 1.85. The Labute approximate surface area is 154 Å². The van der Waals surface area contributed by atoms with E-state index < -0.39 is 10.1 Å². The van der Waals surface area contributed by atoms with Crippen molar-refractivity contribution in [3.63, 3.8) is 0 Å². The van der Waals surface area contributed by atoms with Gasteiger partial charge in [-0.05, 0) is 30.3 Å². The molecule has 0 bridgehead atoms. The number of pyridine rings is 1. The summed E-state index contributed by atoms with van der Waals surface area (Å²) in [5.74, 6) is 0. The Kier molecular flexibility index (Phi) is 4.06. The molecule has 134 valence electrons. The van der Waals surface area contributed by atoms with Crippen LogP contribution in [0.5, 0.6) is 0 Å². The van der Waals surface area contributed by atoms with Crippen molar-refractivity contribution < 1.29 is 13.0 Å².